The average Bonchev–Trinajstić information content (AvgIpc) is 2.76. The summed E-state index contributed by atoms with van der Waals surface area (Å²) in [6.45, 7) is 6.31. The van der Waals surface area contributed by atoms with E-state index >= 15 is 0 Å². The molecule has 0 fully saturated rings. The summed E-state index contributed by atoms with van der Waals surface area (Å²) in [6, 6.07) is 15.6. The van der Waals surface area contributed by atoms with Gasteiger partial charge in [0.05, 0.1) is 19.3 Å². The molecular weight excluding hydrogens is 394 g/mol. The molecule has 31 heavy (non-hydrogen) atoms. The lowest BCUT2D eigenvalue weighted by molar-refractivity contribution is -0.124. The van der Waals surface area contributed by atoms with Gasteiger partial charge in [0.1, 0.15) is 24.1 Å². The Morgan fingerprint density at radius 3 is 2.35 bits per heavy atom. The highest BCUT2D eigenvalue weighted by atomic mass is 16.5. The molecule has 2 aromatic carbocycles. The van der Waals surface area contributed by atoms with Crippen molar-refractivity contribution in [1.82, 2.24) is 15.1 Å². The highest BCUT2D eigenvalue weighted by Gasteiger charge is 2.17. The summed E-state index contributed by atoms with van der Waals surface area (Å²) in [4.78, 5) is 24.9. The molecule has 1 unspecified atom stereocenters. The fourth-order valence-electron chi connectivity index (χ4n) is 3.24. The van der Waals surface area contributed by atoms with Crippen LogP contribution in [0.2, 0.25) is 0 Å². The van der Waals surface area contributed by atoms with Gasteiger partial charge in [-0.15, -0.1) is 0 Å². The Kier molecular flexibility index (Phi) is 7.07. The van der Waals surface area contributed by atoms with Gasteiger partial charge in [-0.1, -0.05) is 6.07 Å². The Bertz CT molecular complexity index is 1090. The standard InChI is InChI=1S/C24H27N3O4/c1-16-13-17(2)15-21(14-16)31-12-11-25-24(29)18(3)27-23(28)10-9-22(26-27)19-5-7-20(30-4)8-6-19/h5-10,13-15,18H,11-12H2,1-4H3,(H,25,29). The maximum atomic E-state index is 12.6. The number of benzene rings is 2. The molecule has 7 nitrogen and oxygen atoms in total. The lowest BCUT2D eigenvalue weighted by atomic mass is 10.1. The molecule has 3 rings (SSSR count). The van der Waals surface area contributed by atoms with Gasteiger partial charge < -0.3 is 14.8 Å². The third-order valence-electron chi connectivity index (χ3n) is 4.82. The molecule has 7 heteroatoms. The number of amides is 1. The van der Waals surface area contributed by atoms with E-state index in [4.69, 9.17) is 9.47 Å². The Balaban J connectivity index is 1.62. The predicted molar refractivity (Wildman–Crippen MR) is 120 cm³/mol. The molecule has 1 amide bonds. The molecule has 0 bridgehead atoms. The van der Waals surface area contributed by atoms with Crippen LogP contribution in [0.1, 0.15) is 24.1 Å². The first-order chi connectivity index (χ1) is 14.9. The van der Waals surface area contributed by atoms with E-state index < -0.39 is 6.04 Å². The van der Waals surface area contributed by atoms with E-state index in [0.717, 1.165) is 28.2 Å². The molecule has 1 aromatic heterocycles. The fourth-order valence-corrected chi connectivity index (χ4v) is 3.24. The number of aromatic nitrogens is 2. The maximum absolute atomic E-state index is 12.6. The number of methoxy groups -OCH3 is 1. The number of rotatable bonds is 8. The molecule has 0 aliphatic heterocycles. The first-order valence-corrected chi connectivity index (χ1v) is 10.1. The number of ether oxygens (including phenoxy) is 2. The molecule has 0 aliphatic rings. The molecule has 1 heterocycles. The van der Waals surface area contributed by atoms with E-state index in [1.165, 1.54) is 10.7 Å². The molecule has 0 saturated heterocycles. The second kappa shape index (κ2) is 9.93. The van der Waals surface area contributed by atoms with Gasteiger partial charge >= 0.3 is 0 Å². The van der Waals surface area contributed by atoms with Crippen molar-refractivity contribution < 1.29 is 14.3 Å². The zero-order valence-corrected chi connectivity index (χ0v) is 18.2. The summed E-state index contributed by atoms with van der Waals surface area (Å²) < 4.78 is 12.1. The van der Waals surface area contributed by atoms with Gasteiger partial charge in [-0.25, -0.2) is 4.68 Å². The van der Waals surface area contributed by atoms with Crippen LogP contribution in [0.15, 0.2) is 59.4 Å². The number of carbonyl (C=O) groups is 1. The van der Waals surface area contributed by atoms with Gasteiger partial charge in [-0.2, -0.15) is 5.10 Å². The molecular formula is C24H27N3O4. The van der Waals surface area contributed by atoms with Crippen LogP contribution < -0.4 is 20.3 Å². The first-order valence-electron chi connectivity index (χ1n) is 10.1. The zero-order chi connectivity index (χ0) is 22.4. The van der Waals surface area contributed by atoms with Crippen molar-refractivity contribution in [1.29, 1.82) is 0 Å². The Morgan fingerprint density at radius 1 is 1.03 bits per heavy atom. The van der Waals surface area contributed by atoms with Crippen LogP contribution in [0.4, 0.5) is 0 Å². The monoisotopic (exact) mass is 421 g/mol. The van der Waals surface area contributed by atoms with E-state index in [-0.39, 0.29) is 11.5 Å². The van der Waals surface area contributed by atoms with Gasteiger partial charge in [0.15, 0.2) is 0 Å². The number of hydrogen-bond donors (Lipinski definition) is 1. The summed E-state index contributed by atoms with van der Waals surface area (Å²) in [6.07, 6.45) is 0. The number of carbonyl (C=O) groups excluding carboxylic acids is 1. The number of aryl methyl sites for hydroxylation is 2. The van der Waals surface area contributed by atoms with Crippen LogP contribution in [0, 0.1) is 13.8 Å². The summed E-state index contributed by atoms with van der Waals surface area (Å²) in [5.41, 5.74) is 3.32. The molecule has 0 aliphatic carbocycles. The van der Waals surface area contributed by atoms with Crippen molar-refractivity contribution in [2.45, 2.75) is 26.8 Å². The van der Waals surface area contributed by atoms with Gasteiger partial charge in [0, 0.05) is 11.6 Å². The molecule has 0 spiro atoms. The number of nitrogens with one attached hydrogen (secondary N) is 1. The van der Waals surface area contributed by atoms with E-state index in [9.17, 15) is 9.59 Å². The van der Waals surface area contributed by atoms with Crippen molar-refractivity contribution in [2.24, 2.45) is 0 Å². The Labute approximate surface area is 181 Å². The maximum Gasteiger partial charge on any atom is 0.267 e. The van der Waals surface area contributed by atoms with Crippen LogP contribution in [0.3, 0.4) is 0 Å². The van der Waals surface area contributed by atoms with Gasteiger partial charge in [0.25, 0.3) is 5.56 Å². The van der Waals surface area contributed by atoms with Crippen LogP contribution in [0.5, 0.6) is 11.5 Å². The summed E-state index contributed by atoms with van der Waals surface area (Å²) in [5, 5.41) is 7.19. The quantitative estimate of drug-likeness (QED) is 0.565. The van der Waals surface area contributed by atoms with Crippen molar-refractivity contribution in [2.75, 3.05) is 20.3 Å². The van der Waals surface area contributed by atoms with Crippen molar-refractivity contribution in [3.63, 3.8) is 0 Å². The van der Waals surface area contributed by atoms with Gasteiger partial charge in [0.2, 0.25) is 5.91 Å². The fraction of sp³-hybridized carbons (Fsp3) is 0.292. The molecule has 1 N–H and O–H groups in total. The van der Waals surface area contributed by atoms with Crippen LogP contribution >= 0.6 is 0 Å². The minimum atomic E-state index is -0.757. The van der Waals surface area contributed by atoms with E-state index in [0.29, 0.717) is 18.8 Å². The highest BCUT2D eigenvalue weighted by molar-refractivity contribution is 5.79. The lowest BCUT2D eigenvalue weighted by Gasteiger charge is -2.15. The Hall–Kier alpha value is -3.61. The van der Waals surface area contributed by atoms with Gasteiger partial charge in [-0.3, -0.25) is 9.59 Å². The van der Waals surface area contributed by atoms with Crippen molar-refractivity contribution >= 4 is 5.91 Å². The molecule has 3 aromatic rings. The minimum absolute atomic E-state index is 0.300. The first kappa shape index (κ1) is 22.1. The number of nitrogens with zero attached hydrogens (tertiary/aromatic N) is 2. The largest absolute Gasteiger partial charge is 0.497 e. The topological polar surface area (TPSA) is 82.5 Å². The number of hydrogen-bond acceptors (Lipinski definition) is 5. The summed E-state index contributed by atoms with van der Waals surface area (Å²) >= 11 is 0. The molecule has 162 valence electrons. The SMILES string of the molecule is COc1ccc(-c2ccc(=O)n(C(C)C(=O)NCCOc3cc(C)cc(C)c3)n2)cc1. The predicted octanol–water partition coefficient (Wildman–Crippen LogP) is 3.29. The van der Waals surface area contributed by atoms with Crippen molar-refractivity contribution in [3.8, 4) is 22.8 Å². The van der Waals surface area contributed by atoms with E-state index in [1.807, 2.05) is 50.2 Å². The third kappa shape index (κ3) is 5.72. The third-order valence-corrected chi connectivity index (χ3v) is 4.82. The van der Waals surface area contributed by atoms with Crippen LogP contribution in [0.25, 0.3) is 11.3 Å². The zero-order valence-electron chi connectivity index (χ0n) is 18.2. The van der Waals surface area contributed by atoms with Gasteiger partial charge in [-0.05, 0) is 74.4 Å². The molecule has 0 radical (unpaired) electrons. The molecule has 1 atom stereocenters. The lowest BCUT2D eigenvalue weighted by Crippen LogP contribution is -2.38. The molecule has 0 saturated carbocycles. The summed E-state index contributed by atoms with van der Waals surface area (Å²) in [7, 11) is 1.60. The normalized spacial score (nSPS) is 11.6. The Morgan fingerprint density at radius 2 is 1.71 bits per heavy atom. The average molecular weight is 421 g/mol. The van der Waals surface area contributed by atoms with Crippen LogP contribution in [-0.4, -0.2) is 35.9 Å². The van der Waals surface area contributed by atoms with E-state index in [1.54, 1.807) is 20.1 Å². The van der Waals surface area contributed by atoms with Crippen LogP contribution in [-0.2, 0) is 4.79 Å². The smallest absolute Gasteiger partial charge is 0.267 e. The second-order valence-electron chi connectivity index (χ2n) is 7.37. The van der Waals surface area contributed by atoms with E-state index in [2.05, 4.69) is 16.5 Å². The summed E-state index contributed by atoms with van der Waals surface area (Å²) in [5.74, 6) is 1.20. The highest BCUT2D eigenvalue weighted by Crippen LogP contribution is 2.20. The van der Waals surface area contributed by atoms with Crippen molar-refractivity contribution in [3.05, 3.63) is 76.1 Å². The minimum Gasteiger partial charge on any atom is -0.497 e. The second-order valence-corrected chi connectivity index (χ2v) is 7.37.